The Bertz CT molecular complexity index is 658. The molecular weight excluding hydrogens is 313 g/mol. The van der Waals surface area contributed by atoms with E-state index in [2.05, 4.69) is 5.32 Å². The molecule has 5 heteroatoms. The van der Waals surface area contributed by atoms with E-state index in [0.29, 0.717) is 6.42 Å². The molecule has 0 heterocycles. The summed E-state index contributed by atoms with van der Waals surface area (Å²) >= 11 is 1.31. The van der Waals surface area contributed by atoms with Crippen molar-refractivity contribution in [2.24, 2.45) is 0 Å². The highest BCUT2D eigenvalue weighted by Crippen LogP contribution is 2.17. The van der Waals surface area contributed by atoms with Crippen LogP contribution in [0.25, 0.3) is 0 Å². The van der Waals surface area contributed by atoms with Gasteiger partial charge in [0, 0.05) is 4.90 Å². The van der Waals surface area contributed by atoms with Crippen molar-refractivity contribution in [1.82, 2.24) is 5.32 Å². The van der Waals surface area contributed by atoms with Crippen LogP contribution in [0.3, 0.4) is 0 Å². The Morgan fingerprint density at radius 1 is 1.09 bits per heavy atom. The Hall–Kier alpha value is -2.14. The van der Waals surface area contributed by atoms with E-state index in [1.807, 2.05) is 30.3 Å². The van der Waals surface area contributed by atoms with Gasteiger partial charge < -0.3 is 5.32 Å². The van der Waals surface area contributed by atoms with Crippen molar-refractivity contribution < 1.29 is 14.0 Å². The fraction of sp³-hybridized carbons (Fsp3) is 0.222. The van der Waals surface area contributed by atoms with Crippen molar-refractivity contribution in [3.05, 3.63) is 66.0 Å². The fourth-order valence-corrected chi connectivity index (χ4v) is 2.77. The van der Waals surface area contributed by atoms with Crippen molar-refractivity contribution in [3.63, 3.8) is 0 Å². The van der Waals surface area contributed by atoms with Crippen molar-refractivity contribution in [2.75, 3.05) is 5.75 Å². The molecule has 0 saturated heterocycles. The van der Waals surface area contributed by atoms with E-state index in [4.69, 9.17) is 0 Å². The highest BCUT2D eigenvalue weighted by atomic mass is 32.2. The Kier molecular flexibility index (Phi) is 6.35. The molecule has 0 aliphatic heterocycles. The summed E-state index contributed by atoms with van der Waals surface area (Å²) in [5.41, 5.74) is 0.999. The molecule has 2 aromatic carbocycles. The van der Waals surface area contributed by atoms with Crippen LogP contribution in [0.2, 0.25) is 0 Å². The maximum atomic E-state index is 12.8. The molecule has 0 aliphatic rings. The lowest BCUT2D eigenvalue weighted by Crippen LogP contribution is -2.42. The molecule has 1 N–H and O–H groups in total. The average Bonchev–Trinajstić information content (AvgIpc) is 2.54. The SMILES string of the molecule is CC(=O)C(Cc1ccccc1)NC(=O)CSc1ccc(F)cc1. The first-order valence-corrected chi connectivity index (χ1v) is 8.25. The standard InChI is InChI=1S/C18H18FNO2S/c1-13(21)17(11-14-5-3-2-4-6-14)20-18(22)12-23-16-9-7-15(19)8-10-16/h2-10,17H,11-12H2,1H3,(H,20,22). The van der Waals surface area contributed by atoms with Crippen LogP contribution in [0.5, 0.6) is 0 Å². The first-order valence-electron chi connectivity index (χ1n) is 7.26. The summed E-state index contributed by atoms with van der Waals surface area (Å²) in [5, 5.41) is 2.76. The van der Waals surface area contributed by atoms with Crippen LogP contribution in [0.15, 0.2) is 59.5 Å². The number of nitrogens with one attached hydrogen (secondary N) is 1. The third-order valence-electron chi connectivity index (χ3n) is 3.29. The second-order valence-corrected chi connectivity index (χ2v) is 6.21. The third kappa shape index (κ3) is 5.87. The van der Waals surface area contributed by atoms with Gasteiger partial charge in [-0.1, -0.05) is 30.3 Å². The molecule has 2 aromatic rings. The first-order chi connectivity index (χ1) is 11.0. The molecule has 120 valence electrons. The molecule has 0 radical (unpaired) electrons. The Morgan fingerprint density at radius 3 is 2.35 bits per heavy atom. The topological polar surface area (TPSA) is 46.2 Å². The molecule has 0 saturated carbocycles. The number of rotatable bonds is 7. The quantitative estimate of drug-likeness (QED) is 0.792. The molecule has 0 spiro atoms. The third-order valence-corrected chi connectivity index (χ3v) is 4.30. The zero-order valence-electron chi connectivity index (χ0n) is 12.8. The second-order valence-electron chi connectivity index (χ2n) is 5.16. The lowest BCUT2D eigenvalue weighted by molar-refractivity contribution is -0.125. The van der Waals surface area contributed by atoms with Crippen molar-refractivity contribution >= 4 is 23.5 Å². The number of thioether (sulfide) groups is 1. The molecular formula is C18H18FNO2S. The Morgan fingerprint density at radius 2 is 1.74 bits per heavy atom. The smallest absolute Gasteiger partial charge is 0.230 e. The van der Waals surface area contributed by atoms with E-state index < -0.39 is 6.04 Å². The van der Waals surface area contributed by atoms with E-state index in [0.717, 1.165) is 10.5 Å². The number of carbonyl (C=O) groups is 2. The van der Waals surface area contributed by atoms with Crippen molar-refractivity contribution in [3.8, 4) is 0 Å². The maximum Gasteiger partial charge on any atom is 0.230 e. The van der Waals surface area contributed by atoms with Gasteiger partial charge >= 0.3 is 0 Å². The number of carbonyl (C=O) groups excluding carboxylic acids is 2. The Labute approximate surface area is 139 Å². The van der Waals surface area contributed by atoms with Gasteiger partial charge in [0.05, 0.1) is 11.8 Å². The minimum atomic E-state index is -0.529. The van der Waals surface area contributed by atoms with E-state index in [-0.39, 0.29) is 23.3 Å². The lowest BCUT2D eigenvalue weighted by atomic mass is 10.0. The molecule has 1 unspecified atom stereocenters. The maximum absolute atomic E-state index is 12.8. The van der Waals surface area contributed by atoms with Crippen LogP contribution in [0.4, 0.5) is 4.39 Å². The van der Waals surface area contributed by atoms with Crippen molar-refractivity contribution in [1.29, 1.82) is 0 Å². The minimum absolute atomic E-state index is 0.0750. The molecule has 0 aliphatic carbocycles. The van der Waals surface area contributed by atoms with Gasteiger partial charge in [0.1, 0.15) is 5.82 Å². The zero-order chi connectivity index (χ0) is 16.7. The average molecular weight is 331 g/mol. The van der Waals surface area contributed by atoms with Crippen LogP contribution >= 0.6 is 11.8 Å². The van der Waals surface area contributed by atoms with Crippen molar-refractivity contribution in [2.45, 2.75) is 24.3 Å². The van der Waals surface area contributed by atoms with E-state index in [1.165, 1.54) is 30.8 Å². The molecule has 0 bridgehead atoms. The Balaban J connectivity index is 1.88. The summed E-state index contributed by atoms with van der Waals surface area (Å²) < 4.78 is 12.8. The van der Waals surface area contributed by atoms with Gasteiger partial charge in [-0.2, -0.15) is 0 Å². The molecule has 1 atom stereocenters. The number of ketones is 1. The highest BCUT2D eigenvalue weighted by Gasteiger charge is 2.17. The number of hydrogen-bond acceptors (Lipinski definition) is 3. The van der Waals surface area contributed by atoms with Gasteiger partial charge in [-0.3, -0.25) is 9.59 Å². The normalized spacial score (nSPS) is 11.7. The molecule has 3 nitrogen and oxygen atoms in total. The molecule has 23 heavy (non-hydrogen) atoms. The number of amides is 1. The van der Waals surface area contributed by atoms with Crippen LogP contribution in [-0.4, -0.2) is 23.5 Å². The van der Waals surface area contributed by atoms with E-state index in [1.54, 1.807) is 12.1 Å². The predicted molar refractivity (Wildman–Crippen MR) is 89.9 cm³/mol. The van der Waals surface area contributed by atoms with E-state index in [9.17, 15) is 14.0 Å². The minimum Gasteiger partial charge on any atom is -0.345 e. The zero-order valence-corrected chi connectivity index (χ0v) is 13.6. The lowest BCUT2D eigenvalue weighted by Gasteiger charge is -2.16. The summed E-state index contributed by atoms with van der Waals surface area (Å²) in [5.74, 6) is -0.410. The van der Waals surface area contributed by atoms with Gasteiger partial charge in [-0.15, -0.1) is 11.8 Å². The molecule has 0 fully saturated rings. The largest absolute Gasteiger partial charge is 0.345 e. The summed E-state index contributed by atoms with van der Waals surface area (Å²) in [6.07, 6.45) is 0.475. The van der Waals surface area contributed by atoms with Crippen LogP contribution < -0.4 is 5.32 Å². The second kappa shape index (κ2) is 8.48. The monoisotopic (exact) mass is 331 g/mol. The summed E-state index contributed by atoms with van der Waals surface area (Å²) in [7, 11) is 0. The number of benzene rings is 2. The fourth-order valence-electron chi connectivity index (χ4n) is 2.06. The molecule has 1 amide bonds. The van der Waals surface area contributed by atoms with Crippen LogP contribution in [0, 0.1) is 5.82 Å². The number of hydrogen-bond donors (Lipinski definition) is 1. The molecule has 0 aromatic heterocycles. The van der Waals surface area contributed by atoms with Gasteiger partial charge in [0.25, 0.3) is 0 Å². The predicted octanol–water partition coefficient (Wildman–Crippen LogP) is 3.23. The first kappa shape index (κ1) is 17.2. The highest BCUT2D eigenvalue weighted by molar-refractivity contribution is 8.00. The summed E-state index contributed by atoms with van der Waals surface area (Å²) in [6, 6.07) is 15.0. The van der Waals surface area contributed by atoms with Gasteiger partial charge in [0.2, 0.25) is 5.91 Å². The van der Waals surface area contributed by atoms with Crippen LogP contribution in [0.1, 0.15) is 12.5 Å². The number of Topliss-reactive ketones (excluding diaryl/α,β-unsaturated/α-hetero) is 1. The molecule has 2 rings (SSSR count). The van der Waals surface area contributed by atoms with Gasteiger partial charge in [0.15, 0.2) is 5.78 Å². The van der Waals surface area contributed by atoms with Crippen LogP contribution in [-0.2, 0) is 16.0 Å². The van der Waals surface area contributed by atoms with Gasteiger partial charge in [-0.05, 0) is 43.2 Å². The van der Waals surface area contributed by atoms with E-state index >= 15 is 0 Å². The van der Waals surface area contributed by atoms with Gasteiger partial charge in [-0.25, -0.2) is 4.39 Å². The summed E-state index contributed by atoms with van der Waals surface area (Å²) in [4.78, 5) is 24.6. The number of halogens is 1. The summed E-state index contributed by atoms with van der Waals surface area (Å²) in [6.45, 7) is 1.47.